The second kappa shape index (κ2) is 2.46. The molecule has 2 atom stereocenters. The molecule has 12 heavy (non-hydrogen) atoms. The number of ether oxygens (including phenoxy) is 1. The van der Waals surface area contributed by atoms with E-state index in [1.807, 2.05) is 0 Å². The molecule has 2 heteroatoms. The summed E-state index contributed by atoms with van der Waals surface area (Å²) < 4.78 is 5.83. The first kappa shape index (κ1) is 7.34. The van der Waals surface area contributed by atoms with Crippen LogP contribution in [0.4, 0.5) is 0 Å². The van der Waals surface area contributed by atoms with Gasteiger partial charge < -0.3 is 4.74 Å². The lowest BCUT2D eigenvalue weighted by Crippen LogP contribution is -2.50. The quantitative estimate of drug-likeness (QED) is 0.541. The maximum atomic E-state index is 5.83. The number of likely N-dealkylation sites (N-methyl/N-ethyl adjacent to an activating group) is 1. The predicted octanol–water partition coefficient (Wildman–Crippen LogP) is 1.46. The molecule has 0 unspecified atom stereocenters. The Kier molecular flexibility index (Phi) is 1.50. The fourth-order valence-corrected chi connectivity index (χ4v) is 3.50. The van der Waals surface area contributed by atoms with Crippen molar-refractivity contribution in [1.82, 2.24) is 4.90 Å². The highest BCUT2D eigenvalue weighted by molar-refractivity contribution is 5.00. The number of nitrogens with zero attached hydrogens (tertiary/aromatic N) is 1. The first-order valence-electron chi connectivity index (χ1n) is 5.18. The van der Waals surface area contributed by atoms with Crippen LogP contribution in [0.1, 0.15) is 25.7 Å². The highest BCUT2D eigenvalue weighted by Crippen LogP contribution is 2.46. The summed E-state index contributed by atoms with van der Waals surface area (Å²) in [6.07, 6.45) is 6.38. The number of hydrogen-bond acceptors (Lipinski definition) is 2. The molecule has 4 fully saturated rings. The molecular weight excluding hydrogens is 150 g/mol. The van der Waals surface area contributed by atoms with Gasteiger partial charge in [-0.15, -0.1) is 0 Å². The van der Waals surface area contributed by atoms with Gasteiger partial charge in [0.1, 0.15) is 0 Å². The SMILES string of the molecule is CN1CO[C@@H]2C3CCC(CC3)[C@@H]21. The molecule has 2 bridgehead atoms. The van der Waals surface area contributed by atoms with Crippen LogP contribution in [0.25, 0.3) is 0 Å². The van der Waals surface area contributed by atoms with Crippen LogP contribution >= 0.6 is 0 Å². The van der Waals surface area contributed by atoms with E-state index >= 15 is 0 Å². The van der Waals surface area contributed by atoms with Crippen molar-refractivity contribution in [2.24, 2.45) is 11.8 Å². The lowest BCUT2D eigenvalue weighted by molar-refractivity contribution is -0.0160. The van der Waals surface area contributed by atoms with E-state index in [0.29, 0.717) is 6.10 Å². The molecule has 4 aliphatic rings. The third-order valence-electron chi connectivity index (χ3n) is 4.08. The molecule has 1 heterocycles. The summed E-state index contributed by atoms with van der Waals surface area (Å²) in [6.45, 7) is 0.877. The molecular formula is C10H17NO. The van der Waals surface area contributed by atoms with Gasteiger partial charge in [0.25, 0.3) is 0 Å². The zero-order chi connectivity index (χ0) is 8.13. The van der Waals surface area contributed by atoms with Gasteiger partial charge in [-0.1, -0.05) is 0 Å². The Morgan fingerprint density at radius 1 is 1.08 bits per heavy atom. The third-order valence-corrected chi connectivity index (χ3v) is 4.08. The summed E-state index contributed by atoms with van der Waals surface area (Å²) in [5.41, 5.74) is 0. The summed E-state index contributed by atoms with van der Waals surface area (Å²) in [6, 6.07) is 0.775. The molecule has 3 aliphatic carbocycles. The van der Waals surface area contributed by atoms with Crippen molar-refractivity contribution >= 4 is 0 Å². The minimum atomic E-state index is 0.600. The molecule has 0 N–H and O–H groups in total. The standard InChI is InChI=1S/C10H17NO/c1-11-6-12-10-8-4-2-7(3-5-8)9(10)11/h7-10H,2-6H2,1H3/t7?,8?,9-,10+/m0/s1. The molecule has 0 aromatic heterocycles. The second-order valence-electron chi connectivity index (χ2n) is 4.68. The van der Waals surface area contributed by atoms with E-state index in [4.69, 9.17) is 4.74 Å². The van der Waals surface area contributed by atoms with Crippen LogP contribution in [0.5, 0.6) is 0 Å². The lowest BCUT2D eigenvalue weighted by Gasteiger charge is -2.45. The Morgan fingerprint density at radius 2 is 1.75 bits per heavy atom. The lowest BCUT2D eigenvalue weighted by atomic mass is 9.66. The Bertz CT molecular complexity index is 186. The normalized spacial score (nSPS) is 52.8. The van der Waals surface area contributed by atoms with E-state index in [9.17, 15) is 0 Å². The maximum absolute atomic E-state index is 5.83. The second-order valence-corrected chi connectivity index (χ2v) is 4.68. The van der Waals surface area contributed by atoms with Gasteiger partial charge in [0.05, 0.1) is 12.8 Å². The van der Waals surface area contributed by atoms with Crippen molar-refractivity contribution in [2.45, 2.75) is 37.8 Å². The number of fused-ring (bicyclic) bond motifs is 2. The number of hydrogen-bond donors (Lipinski definition) is 0. The summed E-state index contributed by atoms with van der Waals surface area (Å²) in [4.78, 5) is 2.42. The van der Waals surface area contributed by atoms with Crippen LogP contribution < -0.4 is 0 Å². The van der Waals surface area contributed by atoms with Gasteiger partial charge in [0, 0.05) is 6.04 Å². The zero-order valence-electron chi connectivity index (χ0n) is 7.70. The minimum Gasteiger partial charge on any atom is -0.361 e. The molecule has 3 saturated carbocycles. The van der Waals surface area contributed by atoms with Crippen molar-refractivity contribution in [1.29, 1.82) is 0 Å². The largest absolute Gasteiger partial charge is 0.361 e. The Labute approximate surface area is 73.9 Å². The van der Waals surface area contributed by atoms with E-state index in [0.717, 1.165) is 24.6 Å². The van der Waals surface area contributed by atoms with Crippen LogP contribution in [-0.2, 0) is 4.74 Å². The van der Waals surface area contributed by atoms with Crippen molar-refractivity contribution in [3.63, 3.8) is 0 Å². The fraction of sp³-hybridized carbons (Fsp3) is 1.00. The van der Waals surface area contributed by atoms with Gasteiger partial charge in [-0.2, -0.15) is 0 Å². The van der Waals surface area contributed by atoms with Crippen molar-refractivity contribution in [2.75, 3.05) is 13.8 Å². The van der Waals surface area contributed by atoms with Gasteiger partial charge >= 0.3 is 0 Å². The highest BCUT2D eigenvalue weighted by atomic mass is 16.5. The van der Waals surface area contributed by atoms with Crippen LogP contribution in [0.15, 0.2) is 0 Å². The summed E-state index contributed by atoms with van der Waals surface area (Å²) in [7, 11) is 2.21. The summed E-state index contributed by atoms with van der Waals surface area (Å²) in [5, 5.41) is 0. The molecule has 1 saturated heterocycles. The molecule has 0 spiro atoms. The smallest absolute Gasteiger partial charge is 0.0995 e. The molecule has 68 valence electrons. The van der Waals surface area contributed by atoms with E-state index < -0.39 is 0 Å². The number of rotatable bonds is 0. The van der Waals surface area contributed by atoms with Crippen LogP contribution in [0.2, 0.25) is 0 Å². The highest BCUT2D eigenvalue weighted by Gasteiger charge is 2.49. The first-order valence-corrected chi connectivity index (χ1v) is 5.18. The minimum absolute atomic E-state index is 0.600. The van der Waals surface area contributed by atoms with Crippen molar-refractivity contribution < 1.29 is 4.74 Å². The van der Waals surface area contributed by atoms with E-state index in [2.05, 4.69) is 11.9 Å². The monoisotopic (exact) mass is 167 g/mol. The average Bonchev–Trinajstić information content (AvgIpc) is 2.53. The average molecular weight is 167 g/mol. The van der Waals surface area contributed by atoms with Crippen LogP contribution in [0, 0.1) is 11.8 Å². The Morgan fingerprint density at radius 3 is 2.42 bits per heavy atom. The van der Waals surface area contributed by atoms with Crippen molar-refractivity contribution in [3.8, 4) is 0 Å². The van der Waals surface area contributed by atoms with Gasteiger partial charge in [0.2, 0.25) is 0 Å². The molecule has 0 amide bonds. The van der Waals surface area contributed by atoms with Gasteiger partial charge in [-0.05, 0) is 44.6 Å². The van der Waals surface area contributed by atoms with E-state index in [1.54, 1.807) is 0 Å². The van der Waals surface area contributed by atoms with Gasteiger partial charge in [0.15, 0.2) is 0 Å². The molecule has 0 aromatic rings. The molecule has 1 aliphatic heterocycles. The summed E-state index contributed by atoms with van der Waals surface area (Å²) >= 11 is 0. The third kappa shape index (κ3) is 0.826. The topological polar surface area (TPSA) is 12.5 Å². The fourth-order valence-electron chi connectivity index (χ4n) is 3.50. The Balaban J connectivity index is 1.89. The first-order chi connectivity index (χ1) is 5.86. The zero-order valence-corrected chi connectivity index (χ0v) is 7.70. The maximum Gasteiger partial charge on any atom is 0.0995 e. The van der Waals surface area contributed by atoms with Gasteiger partial charge in [-0.3, -0.25) is 4.90 Å². The van der Waals surface area contributed by atoms with E-state index in [-0.39, 0.29) is 0 Å². The molecule has 0 radical (unpaired) electrons. The van der Waals surface area contributed by atoms with Crippen LogP contribution in [-0.4, -0.2) is 30.8 Å². The molecule has 2 nitrogen and oxygen atoms in total. The van der Waals surface area contributed by atoms with Crippen molar-refractivity contribution in [3.05, 3.63) is 0 Å². The Hall–Kier alpha value is -0.0800. The molecule has 0 aromatic carbocycles. The van der Waals surface area contributed by atoms with Gasteiger partial charge in [-0.25, -0.2) is 0 Å². The molecule has 4 rings (SSSR count). The summed E-state index contributed by atoms with van der Waals surface area (Å²) in [5.74, 6) is 1.84. The van der Waals surface area contributed by atoms with E-state index in [1.165, 1.54) is 25.7 Å². The predicted molar refractivity (Wildman–Crippen MR) is 46.7 cm³/mol. The van der Waals surface area contributed by atoms with Crippen LogP contribution in [0.3, 0.4) is 0 Å².